The van der Waals surface area contributed by atoms with Gasteiger partial charge < -0.3 is 0 Å². The first kappa shape index (κ1) is 15.1. The van der Waals surface area contributed by atoms with Gasteiger partial charge in [0.25, 0.3) is 0 Å². The molecule has 0 bridgehead atoms. The SMILES string of the molecule is CC(C)c1nc(CSc2nnnn2-c2cccc(F)c2)cs1. The second-order valence-corrected chi connectivity index (χ2v) is 6.81. The number of nitrogens with zero attached hydrogens (tertiary/aromatic N) is 5. The summed E-state index contributed by atoms with van der Waals surface area (Å²) in [5.74, 6) is 0.797. The molecular weight excluding hydrogens is 321 g/mol. The Balaban J connectivity index is 1.75. The van der Waals surface area contributed by atoms with Gasteiger partial charge in [0.15, 0.2) is 0 Å². The minimum absolute atomic E-state index is 0.315. The van der Waals surface area contributed by atoms with Crippen molar-refractivity contribution in [3.05, 3.63) is 46.2 Å². The van der Waals surface area contributed by atoms with Crippen LogP contribution in [0.1, 0.15) is 30.5 Å². The van der Waals surface area contributed by atoms with E-state index in [0.29, 0.717) is 22.5 Å². The van der Waals surface area contributed by atoms with Crippen molar-refractivity contribution < 1.29 is 4.39 Å². The van der Waals surface area contributed by atoms with Gasteiger partial charge >= 0.3 is 0 Å². The molecule has 3 aromatic rings. The highest BCUT2D eigenvalue weighted by Gasteiger charge is 2.12. The van der Waals surface area contributed by atoms with E-state index in [4.69, 9.17) is 0 Å². The first-order valence-corrected chi connectivity index (χ1v) is 8.61. The van der Waals surface area contributed by atoms with Crippen molar-refractivity contribution >= 4 is 23.1 Å². The molecule has 0 fully saturated rings. The fourth-order valence-electron chi connectivity index (χ4n) is 1.83. The molecule has 0 aliphatic heterocycles. The molecule has 0 aliphatic carbocycles. The lowest BCUT2D eigenvalue weighted by Crippen LogP contribution is -1.99. The summed E-state index contributed by atoms with van der Waals surface area (Å²) in [6.07, 6.45) is 0. The Hall–Kier alpha value is -1.80. The van der Waals surface area contributed by atoms with Gasteiger partial charge in [0.1, 0.15) is 5.82 Å². The number of halogens is 1. The Bertz CT molecular complexity index is 768. The molecule has 0 atom stereocenters. The summed E-state index contributed by atoms with van der Waals surface area (Å²) >= 11 is 3.15. The quantitative estimate of drug-likeness (QED) is 0.666. The molecule has 0 amide bonds. The third-order valence-electron chi connectivity index (χ3n) is 2.91. The van der Waals surface area contributed by atoms with Crippen molar-refractivity contribution in [3.8, 4) is 5.69 Å². The average Bonchev–Trinajstić information content (AvgIpc) is 3.14. The number of hydrogen-bond donors (Lipinski definition) is 0. The van der Waals surface area contributed by atoms with E-state index in [0.717, 1.165) is 10.7 Å². The predicted octanol–water partition coefficient (Wildman–Crippen LogP) is 3.67. The monoisotopic (exact) mass is 335 g/mol. The number of thiazole rings is 1. The van der Waals surface area contributed by atoms with Crippen molar-refractivity contribution in [1.29, 1.82) is 0 Å². The van der Waals surface area contributed by atoms with Crippen LogP contribution in [-0.2, 0) is 5.75 Å². The highest BCUT2D eigenvalue weighted by Crippen LogP contribution is 2.25. The van der Waals surface area contributed by atoms with E-state index in [1.165, 1.54) is 28.6 Å². The number of aromatic nitrogens is 5. The van der Waals surface area contributed by atoms with Crippen LogP contribution < -0.4 is 0 Å². The van der Waals surface area contributed by atoms with Crippen LogP contribution in [0.3, 0.4) is 0 Å². The van der Waals surface area contributed by atoms with Crippen LogP contribution in [0.5, 0.6) is 0 Å². The van der Waals surface area contributed by atoms with E-state index in [1.807, 2.05) is 0 Å². The molecule has 0 saturated carbocycles. The molecule has 2 aromatic heterocycles. The van der Waals surface area contributed by atoms with Gasteiger partial charge in [0, 0.05) is 17.1 Å². The molecule has 0 spiro atoms. The fourth-order valence-corrected chi connectivity index (χ4v) is 3.56. The summed E-state index contributed by atoms with van der Waals surface area (Å²) in [5.41, 5.74) is 1.61. The van der Waals surface area contributed by atoms with Crippen LogP contribution in [0, 0.1) is 5.82 Å². The minimum atomic E-state index is -0.315. The topological polar surface area (TPSA) is 56.5 Å². The number of rotatable bonds is 5. The van der Waals surface area contributed by atoms with Gasteiger partial charge in [-0.1, -0.05) is 31.7 Å². The van der Waals surface area contributed by atoms with Gasteiger partial charge in [-0.25, -0.2) is 9.37 Å². The van der Waals surface area contributed by atoms with Gasteiger partial charge in [0.2, 0.25) is 5.16 Å². The summed E-state index contributed by atoms with van der Waals surface area (Å²) in [6, 6.07) is 6.20. The highest BCUT2D eigenvalue weighted by atomic mass is 32.2. The highest BCUT2D eigenvalue weighted by molar-refractivity contribution is 7.98. The fraction of sp³-hybridized carbons (Fsp3) is 0.286. The molecule has 0 radical (unpaired) electrons. The Morgan fingerprint density at radius 2 is 2.23 bits per heavy atom. The number of thioether (sulfide) groups is 1. The summed E-state index contributed by atoms with van der Waals surface area (Å²) in [5, 5.41) is 15.4. The average molecular weight is 335 g/mol. The van der Waals surface area contributed by atoms with Crippen molar-refractivity contribution in [2.75, 3.05) is 0 Å². The van der Waals surface area contributed by atoms with Gasteiger partial charge in [-0.05, 0) is 28.6 Å². The lowest BCUT2D eigenvalue weighted by molar-refractivity contribution is 0.623. The molecule has 8 heteroatoms. The van der Waals surface area contributed by atoms with Crippen LogP contribution in [0.25, 0.3) is 5.69 Å². The first-order chi connectivity index (χ1) is 10.6. The molecule has 114 valence electrons. The second kappa shape index (κ2) is 6.53. The summed E-state index contributed by atoms with van der Waals surface area (Å²) in [6.45, 7) is 4.25. The van der Waals surface area contributed by atoms with Gasteiger partial charge in [0.05, 0.1) is 16.4 Å². The van der Waals surface area contributed by atoms with Gasteiger partial charge in [-0.2, -0.15) is 4.68 Å². The number of hydrogen-bond acceptors (Lipinski definition) is 6. The largest absolute Gasteiger partial charge is 0.245 e. The van der Waals surface area contributed by atoms with E-state index >= 15 is 0 Å². The van der Waals surface area contributed by atoms with E-state index < -0.39 is 0 Å². The molecule has 0 N–H and O–H groups in total. The molecule has 5 nitrogen and oxygen atoms in total. The normalized spacial score (nSPS) is 11.3. The lowest BCUT2D eigenvalue weighted by Gasteiger charge is -2.03. The van der Waals surface area contributed by atoms with E-state index in [1.54, 1.807) is 23.5 Å². The van der Waals surface area contributed by atoms with Crippen molar-refractivity contribution in [1.82, 2.24) is 25.2 Å². The zero-order chi connectivity index (χ0) is 15.5. The minimum Gasteiger partial charge on any atom is -0.245 e. The van der Waals surface area contributed by atoms with E-state index in [2.05, 4.69) is 39.7 Å². The van der Waals surface area contributed by atoms with Gasteiger partial charge in [-0.15, -0.1) is 16.4 Å². The maximum Gasteiger partial charge on any atom is 0.214 e. The van der Waals surface area contributed by atoms with E-state index in [9.17, 15) is 4.39 Å². The summed E-state index contributed by atoms with van der Waals surface area (Å²) in [7, 11) is 0. The Morgan fingerprint density at radius 3 is 2.95 bits per heavy atom. The maximum atomic E-state index is 13.3. The molecule has 2 heterocycles. The van der Waals surface area contributed by atoms with E-state index in [-0.39, 0.29) is 5.82 Å². The van der Waals surface area contributed by atoms with Gasteiger partial charge in [-0.3, -0.25) is 0 Å². The lowest BCUT2D eigenvalue weighted by atomic mass is 10.2. The third-order valence-corrected chi connectivity index (χ3v) is 5.05. The Kier molecular flexibility index (Phi) is 4.49. The second-order valence-electron chi connectivity index (χ2n) is 4.97. The van der Waals surface area contributed by atoms with Crippen LogP contribution >= 0.6 is 23.1 Å². The van der Waals surface area contributed by atoms with Crippen LogP contribution in [0.4, 0.5) is 4.39 Å². The molecular formula is C14H14FN5S2. The summed E-state index contributed by atoms with van der Waals surface area (Å²) < 4.78 is 14.9. The first-order valence-electron chi connectivity index (χ1n) is 6.75. The van der Waals surface area contributed by atoms with Crippen molar-refractivity contribution in [3.63, 3.8) is 0 Å². The van der Waals surface area contributed by atoms with Crippen LogP contribution in [0.15, 0.2) is 34.8 Å². The molecule has 0 unspecified atom stereocenters. The summed E-state index contributed by atoms with van der Waals surface area (Å²) in [4.78, 5) is 4.59. The Morgan fingerprint density at radius 1 is 1.36 bits per heavy atom. The Labute approximate surface area is 135 Å². The van der Waals surface area contributed by atoms with Crippen LogP contribution in [-0.4, -0.2) is 25.2 Å². The zero-order valence-corrected chi connectivity index (χ0v) is 13.7. The van der Waals surface area contributed by atoms with Crippen molar-refractivity contribution in [2.24, 2.45) is 0 Å². The molecule has 0 aliphatic rings. The van der Waals surface area contributed by atoms with Crippen molar-refractivity contribution in [2.45, 2.75) is 30.7 Å². The number of benzene rings is 1. The predicted molar refractivity (Wildman–Crippen MR) is 84.9 cm³/mol. The van der Waals surface area contributed by atoms with Crippen LogP contribution in [0.2, 0.25) is 0 Å². The number of tetrazole rings is 1. The third kappa shape index (κ3) is 3.33. The maximum absolute atomic E-state index is 13.3. The molecule has 3 rings (SSSR count). The molecule has 0 saturated heterocycles. The smallest absolute Gasteiger partial charge is 0.214 e. The molecule has 22 heavy (non-hydrogen) atoms. The standard InChI is InChI=1S/C14H14FN5S2/c1-9(2)13-16-11(7-21-13)8-22-14-17-18-19-20(14)12-5-3-4-10(15)6-12/h3-7,9H,8H2,1-2H3. The zero-order valence-electron chi connectivity index (χ0n) is 12.1. The molecule has 1 aromatic carbocycles.